The van der Waals surface area contributed by atoms with Gasteiger partial charge in [0, 0.05) is 12.1 Å². The minimum atomic E-state index is 0.919. The van der Waals surface area contributed by atoms with Crippen LogP contribution in [-0.4, -0.2) is 9.97 Å². The smallest absolute Gasteiger partial charge is 0.0925 e. The Morgan fingerprint density at radius 1 is 1.21 bits per heavy atom. The zero-order valence-corrected chi connectivity index (χ0v) is 8.54. The maximum atomic E-state index is 4.30. The third-order valence-electron chi connectivity index (χ3n) is 2.55. The van der Waals surface area contributed by atoms with Crippen LogP contribution in [0.5, 0.6) is 0 Å². The maximum absolute atomic E-state index is 4.30. The third-order valence-corrected chi connectivity index (χ3v) is 2.55. The number of H-pyrrole nitrogens is 1. The summed E-state index contributed by atoms with van der Waals surface area (Å²) in [5.41, 5.74) is 4.98. The molecule has 1 aromatic carbocycles. The number of hydrogen-bond acceptors (Lipinski definition) is 1. The molecule has 1 aromatic heterocycles. The van der Waals surface area contributed by atoms with E-state index >= 15 is 0 Å². The molecule has 0 atom stereocenters. The molecule has 2 heteroatoms. The Morgan fingerprint density at radius 3 is 2.64 bits per heavy atom. The SMILES string of the molecule is Cc1ccccc1Cc1nc[nH]c1C. The maximum Gasteiger partial charge on any atom is 0.0925 e. The average Bonchev–Trinajstić information content (AvgIpc) is 2.56. The van der Waals surface area contributed by atoms with Gasteiger partial charge in [-0.3, -0.25) is 0 Å². The summed E-state index contributed by atoms with van der Waals surface area (Å²) in [5, 5.41) is 0. The number of rotatable bonds is 2. The van der Waals surface area contributed by atoms with Crippen LogP contribution in [0.3, 0.4) is 0 Å². The van der Waals surface area contributed by atoms with Crippen molar-refractivity contribution >= 4 is 0 Å². The fourth-order valence-electron chi connectivity index (χ4n) is 1.55. The Kier molecular flexibility index (Phi) is 2.35. The van der Waals surface area contributed by atoms with Gasteiger partial charge in [-0.1, -0.05) is 24.3 Å². The fourth-order valence-corrected chi connectivity index (χ4v) is 1.55. The second kappa shape index (κ2) is 3.66. The molecule has 0 saturated carbocycles. The molecule has 1 N–H and O–H groups in total. The predicted molar refractivity (Wildman–Crippen MR) is 57.3 cm³/mol. The van der Waals surface area contributed by atoms with Gasteiger partial charge in [-0.2, -0.15) is 0 Å². The predicted octanol–water partition coefficient (Wildman–Crippen LogP) is 2.62. The van der Waals surface area contributed by atoms with Gasteiger partial charge in [0.25, 0.3) is 0 Å². The first kappa shape index (κ1) is 9.00. The monoisotopic (exact) mass is 186 g/mol. The highest BCUT2D eigenvalue weighted by Gasteiger charge is 2.03. The van der Waals surface area contributed by atoms with E-state index in [4.69, 9.17) is 0 Å². The molecule has 0 aliphatic heterocycles. The van der Waals surface area contributed by atoms with Crippen LogP contribution in [0, 0.1) is 13.8 Å². The third kappa shape index (κ3) is 1.69. The highest BCUT2D eigenvalue weighted by molar-refractivity contribution is 5.30. The number of benzene rings is 1. The van der Waals surface area contributed by atoms with Crippen LogP contribution in [0.15, 0.2) is 30.6 Å². The van der Waals surface area contributed by atoms with Gasteiger partial charge in [-0.05, 0) is 25.0 Å². The topological polar surface area (TPSA) is 28.7 Å². The van der Waals surface area contributed by atoms with Crippen molar-refractivity contribution in [3.8, 4) is 0 Å². The van der Waals surface area contributed by atoms with E-state index in [-0.39, 0.29) is 0 Å². The molecule has 0 radical (unpaired) electrons. The molecule has 1 heterocycles. The molecule has 0 fully saturated rings. The molecule has 0 bridgehead atoms. The van der Waals surface area contributed by atoms with Crippen molar-refractivity contribution < 1.29 is 0 Å². The van der Waals surface area contributed by atoms with Crippen molar-refractivity contribution in [3.63, 3.8) is 0 Å². The molecule has 0 aliphatic rings. The Labute approximate surface area is 84.0 Å². The molecule has 2 nitrogen and oxygen atoms in total. The first-order valence-electron chi connectivity index (χ1n) is 4.80. The lowest BCUT2D eigenvalue weighted by atomic mass is 10.0. The summed E-state index contributed by atoms with van der Waals surface area (Å²) < 4.78 is 0. The molecule has 72 valence electrons. The second-order valence-corrected chi connectivity index (χ2v) is 3.58. The first-order valence-corrected chi connectivity index (χ1v) is 4.80. The van der Waals surface area contributed by atoms with Crippen molar-refractivity contribution in [2.45, 2.75) is 20.3 Å². The van der Waals surface area contributed by atoms with E-state index in [9.17, 15) is 0 Å². The number of nitrogens with one attached hydrogen (secondary N) is 1. The van der Waals surface area contributed by atoms with Crippen LogP contribution in [0.2, 0.25) is 0 Å². The van der Waals surface area contributed by atoms with Crippen molar-refractivity contribution in [2.24, 2.45) is 0 Å². The standard InChI is InChI=1S/C12H14N2/c1-9-5-3-4-6-11(9)7-12-10(2)13-8-14-12/h3-6,8H,7H2,1-2H3,(H,13,14). The van der Waals surface area contributed by atoms with Crippen LogP contribution in [0.1, 0.15) is 22.5 Å². The van der Waals surface area contributed by atoms with E-state index < -0.39 is 0 Å². The summed E-state index contributed by atoms with van der Waals surface area (Å²) in [6.07, 6.45) is 2.67. The van der Waals surface area contributed by atoms with Crippen molar-refractivity contribution in [2.75, 3.05) is 0 Å². The molecular formula is C12H14N2. The number of nitrogens with zero attached hydrogens (tertiary/aromatic N) is 1. The molecule has 0 aliphatic carbocycles. The van der Waals surface area contributed by atoms with Gasteiger partial charge >= 0.3 is 0 Å². The average molecular weight is 186 g/mol. The molecule has 14 heavy (non-hydrogen) atoms. The van der Waals surface area contributed by atoms with Crippen molar-refractivity contribution in [3.05, 3.63) is 53.1 Å². The Hall–Kier alpha value is -1.57. The number of imidazole rings is 1. The van der Waals surface area contributed by atoms with Crippen molar-refractivity contribution in [1.82, 2.24) is 9.97 Å². The summed E-state index contributed by atoms with van der Waals surface area (Å²) in [6, 6.07) is 8.43. The number of aryl methyl sites for hydroxylation is 2. The molecule has 2 aromatic rings. The summed E-state index contributed by atoms with van der Waals surface area (Å²) in [5.74, 6) is 0. The van der Waals surface area contributed by atoms with E-state index in [1.54, 1.807) is 6.33 Å². The fraction of sp³-hybridized carbons (Fsp3) is 0.250. The lowest BCUT2D eigenvalue weighted by molar-refractivity contribution is 1.06. The van der Waals surface area contributed by atoms with Crippen molar-refractivity contribution in [1.29, 1.82) is 0 Å². The van der Waals surface area contributed by atoms with Crippen LogP contribution in [0.25, 0.3) is 0 Å². The summed E-state index contributed by atoms with van der Waals surface area (Å²) in [6.45, 7) is 4.19. The molecule has 0 amide bonds. The highest BCUT2D eigenvalue weighted by Crippen LogP contribution is 2.13. The van der Waals surface area contributed by atoms with E-state index in [2.05, 4.69) is 48.1 Å². The minimum Gasteiger partial charge on any atom is -0.348 e. The van der Waals surface area contributed by atoms with Gasteiger partial charge in [-0.25, -0.2) is 4.98 Å². The van der Waals surface area contributed by atoms with Gasteiger partial charge < -0.3 is 4.98 Å². The molecule has 0 unspecified atom stereocenters. The molecule has 0 saturated heterocycles. The first-order chi connectivity index (χ1) is 6.77. The summed E-state index contributed by atoms with van der Waals surface area (Å²) >= 11 is 0. The normalized spacial score (nSPS) is 10.4. The van der Waals surface area contributed by atoms with Gasteiger partial charge in [-0.15, -0.1) is 0 Å². The van der Waals surface area contributed by atoms with Crippen LogP contribution in [0.4, 0.5) is 0 Å². The summed E-state index contributed by atoms with van der Waals surface area (Å²) in [4.78, 5) is 7.39. The van der Waals surface area contributed by atoms with Gasteiger partial charge in [0.1, 0.15) is 0 Å². The van der Waals surface area contributed by atoms with Crippen LogP contribution < -0.4 is 0 Å². The van der Waals surface area contributed by atoms with E-state index in [1.165, 1.54) is 11.1 Å². The van der Waals surface area contributed by atoms with Gasteiger partial charge in [0.2, 0.25) is 0 Å². The van der Waals surface area contributed by atoms with Crippen LogP contribution in [-0.2, 0) is 6.42 Å². The second-order valence-electron chi connectivity index (χ2n) is 3.58. The lowest BCUT2D eigenvalue weighted by Gasteiger charge is -2.03. The Balaban J connectivity index is 2.28. The quantitative estimate of drug-likeness (QED) is 0.767. The lowest BCUT2D eigenvalue weighted by Crippen LogP contribution is -1.93. The van der Waals surface area contributed by atoms with E-state index in [1.807, 2.05) is 0 Å². The number of aromatic amines is 1. The highest BCUT2D eigenvalue weighted by atomic mass is 14.9. The number of hydrogen-bond donors (Lipinski definition) is 1. The zero-order chi connectivity index (χ0) is 9.97. The summed E-state index contributed by atoms with van der Waals surface area (Å²) in [7, 11) is 0. The Morgan fingerprint density at radius 2 is 2.00 bits per heavy atom. The van der Waals surface area contributed by atoms with E-state index in [0.717, 1.165) is 17.8 Å². The molecule has 2 rings (SSSR count). The molecular weight excluding hydrogens is 172 g/mol. The van der Waals surface area contributed by atoms with E-state index in [0.29, 0.717) is 0 Å². The Bertz CT molecular complexity index is 429. The zero-order valence-electron chi connectivity index (χ0n) is 8.54. The van der Waals surface area contributed by atoms with Crippen LogP contribution >= 0.6 is 0 Å². The largest absolute Gasteiger partial charge is 0.348 e. The van der Waals surface area contributed by atoms with Gasteiger partial charge in [0.15, 0.2) is 0 Å². The molecule has 0 spiro atoms. The van der Waals surface area contributed by atoms with Gasteiger partial charge in [0.05, 0.1) is 12.0 Å². The number of aromatic nitrogens is 2. The minimum absolute atomic E-state index is 0.919.